The second kappa shape index (κ2) is 8.21. The van der Waals surface area contributed by atoms with Gasteiger partial charge in [0.05, 0.1) is 20.6 Å². The zero-order chi connectivity index (χ0) is 17.6. The highest BCUT2D eigenvalue weighted by Crippen LogP contribution is 2.13. The number of amides is 1. The summed E-state index contributed by atoms with van der Waals surface area (Å²) in [6.45, 7) is 1.55. The zero-order valence-electron chi connectivity index (χ0n) is 12.9. The van der Waals surface area contributed by atoms with Gasteiger partial charge in [-0.1, -0.05) is 6.92 Å². The average molecular weight is 329 g/mol. The fraction of sp³-hybridized carbons (Fsp3) is 0.400. The molecule has 0 fully saturated rings. The minimum atomic E-state index is -1.19. The van der Waals surface area contributed by atoms with Gasteiger partial charge in [0.1, 0.15) is 6.04 Å². The molecule has 2 atom stereocenters. The second-order valence-corrected chi connectivity index (χ2v) is 4.86. The number of methoxy groups -OCH3 is 2. The molecule has 6 nitrogen and oxygen atoms in total. The van der Waals surface area contributed by atoms with Crippen LogP contribution in [-0.4, -0.2) is 38.1 Å². The molecule has 1 aromatic carbocycles. The molecule has 1 aromatic rings. The first-order chi connectivity index (χ1) is 10.8. The van der Waals surface area contributed by atoms with Gasteiger partial charge in [0.25, 0.3) is 5.91 Å². The van der Waals surface area contributed by atoms with E-state index in [1.54, 1.807) is 6.92 Å². The molecule has 126 valence electrons. The molecule has 0 spiro atoms. The zero-order valence-corrected chi connectivity index (χ0v) is 12.9. The van der Waals surface area contributed by atoms with Crippen molar-refractivity contribution < 1.29 is 32.6 Å². The van der Waals surface area contributed by atoms with E-state index >= 15 is 0 Å². The Morgan fingerprint density at radius 1 is 1.13 bits per heavy atom. The van der Waals surface area contributed by atoms with Gasteiger partial charge in [0, 0.05) is 5.56 Å². The molecule has 8 heteroatoms. The number of halogens is 2. The van der Waals surface area contributed by atoms with E-state index in [0.29, 0.717) is 6.07 Å². The van der Waals surface area contributed by atoms with Gasteiger partial charge in [-0.2, -0.15) is 0 Å². The van der Waals surface area contributed by atoms with E-state index in [9.17, 15) is 23.2 Å². The van der Waals surface area contributed by atoms with Crippen LogP contribution < -0.4 is 5.32 Å². The minimum Gasteiger partial charge on any atom is -0.469 e. The molecule has 0 heterocycles. The number of hydrogen-bond acceptors (Lipinski definition) is 5. The van der Waals surface area contributed by atoms with Crippen molar-refractivity contribution >= 4 is 17.8 Å². The van der Waals surface area contributed by atoms with Crippen LogP contribution in [0.3, 0.4) is 0 Å². The van der Waals surface area contributed by atoms with Crippen molar-refractivity contribution in [2.24, 2.45) is 5.92 Å². The van der Waals surface area contributed by atoms with Gasteiger partial charge in [-0.3, -0.25) is 9.59 Å². The van der Waals surface area contributed by atoms with Crippen LogP contribution in [0.15, 0.2) is 18.2 Å². The maximum atomic E-state index is 13.2. The number of esters is 2. The van der Waals surface area contributed by atoms with Crippen LogP contribution in [0.1, 0.15) is 23.7 Å². The van der Waals surface area contributed by atoms with Crippen LogP contribution in [0.4, 0.5) is 8.78 Å². The molecule has 0 aliphatic heterocycles. The maximum Gasteiger partial charge on any atom is 0.328 e. The molecule has 1 N–H and O–H groups in total. The fourth-order valence-corrected chi connectivity index (χ4v) is 1.89. The predicted octanol–water partition coefficient (Wildman–Crippen LogP) is 1.44. The van der Waals surface area contributed by atoms with E-state index in [4.69, 9.17) is 0 Å². The van der Waals surface area contributed by atoms with Gasteiger partial charge in [-0.05, 0) is 24.1 Å². The summed E-state index contributed by atoms with van der Waals surface area (Å²) in [7, 11) is 2.33. The Bertz CT molecular complexity index is 606. The van der Waals surface area contributed by atoms with Crippen molar-refractivity contribution in [3.8, 4) is 0 Å². The highest BCUT2D eigenvalue weighted by Gasteiger charge is 2.30. The quantitative estimate of drug-likeness (QED) is 0.799. The topological polar surface area (TPSA) is 81.7 Å². The Morgan fingerprint density at radius 3 is 2.30 bits per heavy atom. The predicted molar refractivity (Wildman–Crippen MR) is 75.4 cm³/mol. The summed E-state index contributed by atoms with van der Waals surface area (Å²) in [4.78, 5) is 35.2. The van der Waals surface area contributed by atoms with Crippen LogP contribution in [0, 0.1) is 17.6 Å². The smallest absolute Gasteiger partial charge is 0.328 e. The monoisotopic (exact) mass is 329 g/mol. The van der Waals surface area contributed by atoms with E-state index in [-0.39, 0.29) is 12.0 Å². The number of hydrogen-bond donors (Lipinski definition) is 1. The largest absolute Gasteiger partial charge is 0.469 e. The minimum absolute atomic E-state index is 0.131. The maximum absolute atomic E-state index is 13.2. The van der Waals surface area contributed by atoms with E-state index in [0.717, 1.165) is 19.2 Å². The van der Waals surface area contributed by atoms with Crippen molar-refractivity contribution in [3.05, 3.63) is 35.4 Å². The number of carbonyl (C=O) groups is 3. The highest BCUT2D eigenvalue weighted by molar-refractivity contribution is 5.97. The summed E-state index contributed by atoms with van der Waals surface area (Å²) in [5.41, 5.74) is -0.164. The standard InChI is InChI=1S/C15H17F2NO5/c1-8(6-12(19)22-2)13(15(21)23-3)18-14(20)9-4-5-10(16)11(17)7-9/h4-5,7-8,13H,6H2,1-3H3,(H,18,20)/t8-,13+/m1/s1. The average Bonchev–Trinajstić information content (AvgIpc) is 2.53. The lowest BCUT2D eigenvalue weighted by Crippen LogP contribution is -2.46. The molecule has 0 unspecified atom stereocenters. The van der Waals surface area contributed by atoms with Crippen molar-refractivity contribution in [3.63, 3.8) is 0 Å². The Hall–Kier alpha value is -2.51. The van der Waals surface area contributed by atoms with Crippen molar-refractivity contribution in [1.82, 2.24) is 5.32 Å². The van der Waals surface area contributed by atoms with Crippen LogP contribution in [-0.2, 0) is 19.1 Å². The van der Waals surface area contributed by atoms with Gasteiger partial charge in [0.2, 0.25) is 0 Å². The third-order valence-electron chi connectivity index (χ3n) is 3.21. The molecule has 1 rings (SSSR count). The molecular formula is C15H17F2NO5. The fourth-order valence-electron chi connectivity index (χ4n) is 1.89. The first kappa shape index (κ1) is 18.5. The third-order valence-corrected chi connectivity index (χ3v) is 3.21. The van der Waals surface area contributed by atoms with Gasteiger partial charge in [0.15, 0.2) is 11.6 Å². The SMILES string of the molecule is COC(=O)C[C@@H](C)[C@H](NC(=O)c1ccc(F)c(F)c1)C(=O)OC. The van der Waals surface area contributed by atoms with Gasteiger partial charge in [-0.15, -0.1) is 0 Å². The lowest BCUT2D eigenvalue weighted by atomic mass is 9.97. The summed E-state index contributed by atoms with van der Waals surface area (Å²) in [5.74, 6) is -5.02. The van der Waals surface area contributed by atoms with Gasteiger partial charge < -0.3 is 14.8 Å². The summed E-state index contributed by atoms with van der Waals surface area (Å²) in [5, 5.41) is 2.35. The summed E-state index contributed by atoms with van der Waals surface area (Å²) in [6.07, 6.45) is -0.131. The van der Waals surface area contributed by atoms with Gasteiger partial charge >= 0.3 is 11.9 Å². The Balaban J connectivity index is 2.91. The highest BCUT2D eigenvalue weighted by atomic mass is 19.2. The second-order valence-electron chi connectivity index (χ2n) is 4.86. The molecule has 1 amide bonds. The van der Waals surface area contributed by atoms with Crippen LogP contribution in [0.2, 0.25) is 0 Å². The van der Waals surface area contributed by atoms with Crippen LogP contribution in [0.5, 0.6) is 0 Å². The molecule has 0 saturated carbocycles. The summed E-state index contributed by atoms with van der Waals surface area (Å²) < 4.78 is 35.2. The molecule has 0 aromatic heterocycles. The van der Waals surface area contributed by atoms with E-state index in [1.165, 1.54) is 7.11 Å². The molecule has 0 radical (unpaired) electrons. The Morgan fingerprint density at radius 2 is 1.78 bits per heavy atom. The molecular weight excluding hydrogens is 312 g/mol. The number of nitrogens with one attached hydrogen (secondary N) is 1. The van der Waals surface area contributed by atoms with Crippen LogP contribution >= 0.6 is 0 Å². The number of benzene rings is 1. The van der Waals surface area contributed by atoms with E-state index in [2.05, 4.69) is 14.8 Å². The lowest BCUT2D eigenvalue weighted by molar-refractivity contribution is -0.146. The first-order valence-corrected chi connectivity index (χ1v) is 6.70. The Kier molecular flexibility index (Phi) is 6.62. The van der Waals surface area contributed by atoms with Crippen molar-refractivity contribution in [1.29, 1.82) is 0 Å². The number of carbonyl (C=O) groups excluding carboxylic acids is 3. The summed E-state index contributed by atoms with van der Waals surface area (Å²) >= 11 is 0. The molecule has 0 bridgehead atoms. The normalized spacial score (nSPS) is 12.9. The van der Waals surface area contributed by atoms with Crippen molar-refractivity contribution in [2.45, 2.75) is 19.4 Å². The molecule has 0 aliphatic rings. The lowest BCUT2D eigenvalue weighted by Gasteiger charge is -2.22. The van der Waals surface area contributed by atoms with E-state index < -0.39 is 41.4 Å². The third kappa shape index (κ3) is 5.01. The number of ether oxygens (including phenoxy) is 2. The van der Waals surface area contributed by atoms with Crippen LogP contribution in [0.25, 0.3) is 0 Å². The Labute approximate surface area is 131 Å². The molecule has 0 aliphatic carbocycles. The molecule has 23 heavy (non-hydrogen) atoms. The number of rotatable bonds is 6. The summed E-state index contributed by atoms with van der Waals surface area (Å²) in [6, 6.07) is 1.45. The van der Waals surface area contributed by atoms with E-state index in [1.807, 2.05) is 0 Å². The van der Waals surface area contributed by atoms with Gasteiger partial charge in [-0.25, -0.2) is 13.6 Å². The molecule has 0 saturated heterocycles. The first-order valence-electron chi connectivity index (χ1n) is 6.70. The van der Waals surface area contributed by atoms with Crippen molar-refractivity contribution in [2.75, 3.05) is 14.2 Å².